The fraction of sp³-hybridized carbons (Fsp3) is 0.269. The molecule has 3 heterocycles. The highest BCUT2D eigenvalue weighted by Gasteiger charge is 2.17. The van der Waals surface area contributed by atoms with Crippen LogP contribution in [0.2, 0.25) is 0 Å². The number of carbonyl (C=O) groups is 1. The summed E-state index contributed by atoms with van der Waals surface area (Å²) in [6.07, 6.45) is 4.15. The Kier molecular flexibility index (Phi) is 7.13. The van der Waals surface area contributed by atoms with E-state index >= 15 is 0 Å². The lowest BCUT2D eigenvalue weighted by Gasteiger charge is -2.26. The van der Waals surface area contributed by atoms with Crippen LogP contribution in [-0.2, 0) is 11.2 Å². The van der Waals surface area contributed by atoms with E-state index in [-0.39, 0.29) is 17.9 Å². The van der Waals surface area contributed by atoms with E-state index in [9.17, 15) is 4.79 Å². The maximum absolute atomic E-state index is 12.0. The number of para-hydroxylation sites is 1. The monoisotopic (exact) mass is 485 g/mol. The molecule has 4 aromatic rings. The lowest BCUT2D eigenvalue weighted by Crippen LogP contribution is -2.37. The average Bonchev–Trinajstić information content (AvgIpc) is 3.29. The molecular formula is C26H27N7O3. The number of morpholine rings is 1. The topological polar surface area (TPSA) is 107 Å². The van der Waals surface area contributed by atoms with Crippen molar-refractivity contribution in [3.63, 3.8) is 0 Å². The molecule has 2 aromatic carbocycles. The van der Waals surface area contributed by atoms with Crippen LogP contribution < -0.4 is 15.1 Å². The van der Waals surface area contributed by atoms with Gasteiger partial charge in [-0.25, -0.2) is 5.43 Å². The molecule has 1 aliphatic heterocycles. The summed E-state index contributed by atoms with van der Waals surface area (Å²) < 4.78 is 12.9. The van der Waals surface area contributed by atoms with Crippen LogP contribution in [0.5, 0.6) is 6.01 Å². The van der Waals surface area contributed by atoms with Crippen LogP contribution in [0.1, 0.15) is 22.8 Å². The maximum Gasteiger partial charge on any atom is 0.323 e. The molecule has 1 N–H and O–H groups in total. The van der Waals surface area contributed by atoms with E-state index in [1.807, 2.05) is 47.4 Å². The number of fused-ring (bicyclic) bond motifs is 1. The standard InChI is InChI=1S/C26H27N7O3/c1-19(34)33-18-21(22-9-5-6-10-23(22)33)17-27-31-24-28-25(32-12-15-35-16-13-32)30-26(29-24)36-14-11-20-7-3-2-4-8-20/h2-10,17-18H,11-16H2,1H3,(H,28,29,30,31). The normalized spacial score (nSPS) is 13.9. The molecule has 0 unspecified atom stereocenters. The molecule has 5 rings (SSSR count). The Balaban J connectivity index is 1.35. The minimum absolute atomic E-state index is 0.0660. The van der Waals surface area contributed by atoms with Gasteiger partial charge in [-0.1, -0.05) is 48.5 Å². The van der Waals surface area contributed by atoms with Crippen LogP contribution in [0.15, 0.2) is 65.9 Å². The van der Waals surface area contributed by atoms with E-state index in [1.165, 1.54) is 12.5 Å². The molecule has 0 saturated carbocycles. The summed E-state index contributed by atoms with van der Waals surface area (Å²) in [5.41, 5.74) is 5.70. The molecule has 0 spiro atoms. The molecule has 36 heavy (non-hydrogen) atoms. The second-order valence-corrected chi connectivity index (χ2v) is 8.29. The van der Waals surface area contributed by atoms with Crippen molar-refractivity contribution in [3.8, 4) is 6.01 Å². The van der Waals surface area contributed by atoms with Crippen molar-refractivity contribution >= 4 is 34.9 Å². The molecule has 2 aromatic heterocycles. The average molecular weight is 486 g/mol. The lowest BCUT2D eigenvalue weighted by molar-refractivity contribution is 0.0941. The molecule has 0 atom stereocenters. The van der Waals surface area contributed by atoms with E-state index in [0.29, 0.717) is 38.9 Å². The highest BCUT2D eigenvalue weighted by atomic mass is 16.5. The van der Waals surface area contributed by atoms with Crippen LogP contribution in [0, 0.1) is 0 Å². The van der Waals surface area contributed by atoms with Crippen molar-refractivity contribution in [3.05, 3.63) is 71.9 Å². The van der Waals surface area contributed by atoms with Gasteiger partial charge in [0.25, 0.3) is 5.95 Å². The van der Waals surface area contributed by atoms with Gasteiger partial charge in [-0.2, -0.15) is 20.1 Å². The van der Waals surface area contributed by atoms with Crippen LogP contribution in [0.4, 0.5) is 11.9 Å². The predicted octanol–water partition coefficient (Wildman–Crippen LogP) is 3.39. The number of ether oxygens (including phenoxy) is 2. The number of benzene rings is 2. The van der Waals surface area contributed by atoms with Crippen molar-refractivity contribution in [1.82, 2.24) is 19.5 Å². The third kappa shape index (κ3) is 5.49. The van der Waals surface area contributed by atoms with Gasteiger partial charge in [-0.15, -0.1) is 0 Å². The number of aromatic nitrogens is 4. The summed E-state index contributed by atoms with van der Waals surface area (Å²) in [4.78, 5) is 27.5. The molecule has 0 aliphatic carbocycles. The van der Waals surface area contributed by atoms with Crippen molar-refractivity contribution in [1.29, 1.82) is 0 Å². The first-order chi connectivity index (χ1) is 17.7. The van der Waals surface area contributed by atoms with Gasteiger partial charge in [0.15, 0.2) is 0 Å². The van der Waals surface area contributed by atoms with E-state index < -0.39 is 0 Å². The number of carbonyl (C=O) groups excluding carboxylic acids is 1. The number of hydrogen-bond acceptors (Lipinski definition) is 9. The summed E-state index contributed by atoms with van der Waals surface area (Å²) in [5.74, 6) is 0.713. The Labute approximate surface area is 208 Å². The van der Waals surface area contributed by atoms with Gasteiger partial charge >= 0.3 is 6.01 Å². The first-order valence-electron chi connectivity index (χ1n) is 11.8. The second kappa shape index (κ2) is 11.0. The lowest BCUT2D eigenvalue weighted by atomic mass is 10.2. The fourth-order valence-corrected chi connectivity index (χ4v) is 4.00. The zero-order valence-corrected chi connectivity index (χ0v) is 20.0. The van der Waals surface area contributed by atoms with Crippen LogP contribution >= 0.6 is 0 Å². The highest BCUT2D eigenvalue weighted by Crippen LogP contribution is 2.20. The van der Waals surface area contributed by atoms with Crippen molar-refractivity contribution in [2.24, 2.45) is 5.10 Å². The molecule has 0 radical (unpaired) electrons. The van der Waals surface area contributed by atoms with Gasteiger partial charge in [0.1, 0.15) is 0 Å². The van der Waals surface area contributed by atoms with Crippen molar-refractivity contribution < 1.29 is 14.3 Å². The predicted molar refractivity (Wildman–Crippen MR) is 138 cm³/mol. The maximum atomic E-state index is 12.0. The molecule has 1 aliphatic rings. The molecule has 0 amide bonds. The van der Waals surface area contributed by atoms with E-state index in [2.05, 4.69) is 37.6 Å². The van der Waals surface area contributed by atoms with Gasteiger partial charge < -0.3 is 14.4 Å². The van der Waals surface area contributed by atoms with Gasteiger partial charge in [0.2, 0.25) is 11.9 Å². The zero-order chi connectivity index (χ0) is 24.7. The van der Waals surface area contributed by atoms with Crippen LogP contribution in [0.3, 0.4) is 0 Å². The summed E-state index contributed by atoms with van der Waals surface area (Å²) >= 11 is 0. The summed E-state index contributed by atoms with van der Waals surface area (Å²) in [5, 5.41) is 5.26. The SMILES string of the molecule is CC(=O)n1cc(C=NNc2nc(OCCc3ccccc3)nc(N3CCOCC3)n2)c2ccccc21. The first-order valence-corrected chi connectivity index (χ1v) is 11.8. The van der Waals surface area contributed by atoms with E-state index in [4.69, 9.17) is 9.47 Å². The summed E-state index contributed by atoms with van der Waals surface area (Å²) in [6.45, 7) is 4.54. The minimum Gasteiger partial charge on any atom is -0.463 e. The fourth-order valence-electron chi connectivity index (χ4n) is 4.00. The zero-order valence-electron chi connectivity index (χ0n) is 20.0. The van der Waals surface area contributed by atoms with Gasteiger partial charge in [-0.3, -0.25) is 9.36 Å². The van der Waals surface area contributed by atoms with Crippen molar-refractivity contribution in [2.75, 3.05) is 43.2 Å². The highest BCUT2D eigenvalue weighted by molar-refractivity contribution is 6.03. The van der Waals surface area contributed by atoms with E-state index in [0.717, 1.165) is 22.9 Å². The third-order valence-corrected chi connectivity index (χ3v) is 5.81. The molecule has 10 heteroatoms. The Morgan fingerprint density at radius 1 is 1.08 bits per heavy atom. The van der Waals surface area contributed by atoms with Crippen molar-refractivity contribution in [2.45, 2.75) is 13.3 Å². The Bertz CT molecular complexity index is 1360. The third-order valence-electron chi connectivity index (χ3n) is 5.81. The number of nitrogens with one attached hydrogen (secondary N) is 1. The van der Waals surface area contributed by atoms with Crippen LogP contribution in [-0.4, -0.2) is 64.6 Å². The summed E-state index contributed by atoms with van der Waals surface area (Å²) in [7, 11) is 0. The Morgan fingerprint density at radius 3 is 2.67 bits per heavy atom. The minimum atomic E-state index is -0.0660. The van der Waals surface area contributed by atoms with Gasteiger partial charge in [-0.05, 0) is 11.6 Å². The number of nitrogens with zero attached hydrogens (tertiary/aromatic N) is 6. The smallest absolute Gasteiger partial charge is 0.323 e. The second-order valence-electron chi connectivity index (χ2n) is 8.29. The number of rotatable bonds is 8. The van der Waals surface area contributed by atoms with Crippen LogP contribution in [0.25, 0.3) is 10.9 Å². The Hall–Kier alpha value is -4.31. The Morgan fingerprint density at radius 2 is 1.86 bits per heavy atom. The van der Waals surface area contributed by atoms with E-state index in [1.54, 1.807) is 17.0 Å². The van der Waals surface area contributed by atoms with Gasteiger partial charge in [0, 0.05) is 43.6 Å². The largest absolute Gasteiger partial charge is 0.463 e. The molecule has 0 bridgehead atoms. The number of hydrogen-bond donors (Lipinski definition) is 1. The molecular weight excluding hydrogens is 458 g/mol. The summed E-state index contributed by atoms with van der Waals surface area (Å²) in [6, 6.07) is 18.0. The molecule has 1 fully saturated rings. The van der Waals surface area contributed by atoms with Gasteiger partial charge in [0.05, 0.1) is 31.6 Å². The number of anilines is 2. The number of hydrazone groups is 1. The molecule has 184 valence electrons. The molecule has 10 nitrogen and oxygen atoms in total. The quantitative estimate of drug-likeness (QED) is 0.299. The first kappa shape index (κ1) is 23.4. The molecule has 1 saturated heterocycles.